The Morgan fingerprint density at radius 2 is 2.33 bits per heavy atom. The van der Waals surface area contributed by atoms with Crippen molar-refractivity contribution in [1.29, 1.82) is 0 Å². The summed E-state index contributed by atoms with van der Waals surface area (Å²) >= 11 is 1.54. The molecule has 96 valence electrons. The Balaban J connectivity index is 1.71. The van der Waals surface area contributed by atoms with Crippen LogP contribution < -0.4 is 5.32 Å². The van der Waals surface area contributed by atoms with Crippen LogP contribution in [-0.2, 0) is 4.79 Å². The Morgan fingerprint density at radius 3 is 3.11 bits per heavy atom. The quantitative estimate of drug-likeness (QED) is 0.835. The zero-order valence-corrected chi connectivity index (χ0v) is 10.9. The van der Waals surface area contributed by atoms with Gasteiger partial charge in [-0.2, -0.15) is 11.3 Å². The van der Waals surface area contributed by atoms with Gasteiger partial charge in [0.25, 0.3) is 5.91 Å². The number of carbonyl (C=O) groups is 2. The molecule has 0 bridgehead atoms. The van der Waals surface area contributed by atoms with E-state index in [9.17, 15) is 9.59 Å². The lowest BCUT2D eigenvalue weighted by atomic mass is 9.99. The van der Waals surface area contributed by atoms with E-state index in [-0.39, 0.29) is 17.9 Å². The number of likely N-dealkylation sites (tertiary alicyclic amines) is 1. The Labute approximate surface area is 110 Å². The van der Waals surface area contributed by atoms with E-state index in [4.69, 9.17) is 0 Å². The van der Waals surface area contributed by atoms with Gasteiger partial charge < -0.3 is 10.2 Å². The maximum atomic E-state index is 12.2. The zero-order valence-electron chi connectivity index (χ0n) is 10.1. The SMILES string of the molecule is O=C1CCC[C@@H]2CN(C(=O)c3ccsc3)C[C@@H]2N1. The predicted molar refractivity (Wildman–Crippen MR) is 69.5 cm³/mol. The van der Waals surface area contributed by atoms with Gasteiger partial charge in [0.15, 0.2) is 0 Å². The zero-order chi connectivity index (χ0) is 12.5. The summed E-state index contributed by atoms with van der Waals surface area (Å²) < 4.78 is 0. The molecule has 5 heteroatoms. The van der Waals surface area contributed by atoms with Gasteiger partial charge in [-0.25, -0.2) is 0 Å². The highest BCUT2D eigenvalue weighted by atomic mass is 32.1. The van der Waals surface area contributed by atoms with Gasteiger partial charge in [-0.05, 0) is 30.2 Å². The van der Waals surface area contributed by atoms with Gasteiger partial charge in [-0.15, -0.1) is 0 Å². The highest BCUT2D eigenvalue weighted by Crippen LogP contribution is 2.26. The van der Waals surface area contributed by atoms with Gasteiger partial charge in [0.2, 0.25) is 5.91 Å². The largest absolute Gasteiger partial charge is 0.351 e. The maximum Gasteiger partial charge on any atom is 0.254 e. The average molecular weight is 264 g/mol. The van der Waals surface area contributed by atoms with Crippen molar-refractivity contribution in [2.45, 2.75) is 25.3 Å². The van der Waals surface area contributed by atoms with E-state index in [0.717, 1.165) is 24.9 Å². The van der Waals surface area contributed by atoms with Crippen LogP contribution in [0, 0.1) is 5.92 Å². The third-order valence-corrected chi connectivity index (χ3v) is 4.50. The van der Waals surface area contributed by atoms with Crippen molar-refractivity contribution < 1.29 is 9.59 Å². The molecule has 1 aromatic rings. The molecule has 3 heterocycles. The molecule has 2 saturated heterocycles. The summed E-state index contributed by atoms with van der Waals surface area (Å²) in [5.74, 6) is 0.657. The first kappa shape index (κ1) is 11.7. The molecular formula is C13H16N2O2S. The molecule has 0 unspecified atom stereocenters. The van der Waals surface area contributed by atoms with Gasteiger partial charge >= 0.3 is 0 Å². The van der Waals surface area contributed by atoms with Crippen LogP contribution in [0.25, 0.3) is 0 Å². The minimum atomic E-state index is 0.0959. The molecule has 1 N–H and O–H groups in total. The number of nitrogens with zero attached hydrogens (tertiary/aromatic N) is 1. The van der Waals surface area contributed by atoms with E-state index in [0.29, 0.717) is 18.9 Å². The van der Waals surface area contributed by atoms with Gasteiger partial charge in [0.05, 0.1) is 11.6 Å². The van der Waals surface area contributed by atoms with Crippen LogP contribution in [0.2, 0.25) is 0 Å². The summed E-state index contributed by atoms with van der Waals surface area (Å²) in [6.07, 6.45) is 2.61. The number of hydrogen-bond acceptors (Lipinski definition) is 3. The number of nitrogens with one attached hydrogen (secondary N) is 1. The van der Waals surface area contributed by atoms with E-state index in [1.54, 1.807) is 0 Å². The molecule has 0 aliphatic carbocycles. The number of fused-ring (bicyclic) bond motifs is 1. The molecule has 3 rings (SSSR count). The number of thiophene rings is 1. The van der Waals surface area contributed by atoms with Crippen LogP contribution in [0.15, 0.2) is 16.8 Å². The van der Waals surface area contributed by atoms with Crippen LogP contribution >= 0.6 is 11.3 Å². The van der Waals surface area contributed by atoms with Crippen molar-refractivity contribution in [1.82, 2.24) is 10.2 Å². The van der Waals surface area contributed by atoms with Crippen LogP contribution in [0.4, 0.5) is 0 Å². The molecule has 2 fully saturated rings. The second-order valence-corrected chi connectivity index (χ2v) is 5.83. The molecule has 0 saturated carbocycles. The third-order valence-electron chi connectivity index (χ3n) is 3.82. The number of hydrogen-bond donors (Lipinski definition) is 1. The second kappa shape index (κ2) is 4.72. The molecule has 18 heavy (non-hydrogen) atoms. The fraction of sp³-hybridized carbons (Fsp3) is 0.538. The topological polar surface area (TPSA) is 49.4 Å². The standard InChI is InChI=1S/C13H16N2O2S/c16-12-3-1-2-9-6-15(7-11(9)14-12)13(17)10-4-5-18-8-10/h4-5,8-9,11H,1-3,6-7H2,(H,14,16)/t9-,11+/m1/s1. The molecule has 0 radical (unpaired) electrons. The van der Waals surface area contributed by atoms with Crippen LogP contribution in [0.1, 0.15) is 29.6 Å². The number of carbonyl (C=O) groups excluding carboxylic acids is 2. The van der Waals surface area contributed by atoms with E-state index in [1.165, 1.54) is 11.3 Å². The van der Waals surface area contributed by atoms with E-state index >= 15 is 0 Å². The van der Waals surface area contributed by atoms with Crippen molar-refractivity contribution in [3.05, 3.63) is 22.4 Å². The van der Waals surface area contributed by atoms with Crippen molar-refractivity contribution in [3.8, 4) is 0 Å². The lowest BCUT2D eigenvalue weighted by Crippen LogP contribution is -2.39. The van der Waals surface area contributed by atoms with Crippen LogP contribution in [0.3, 0.4) is 0 Å². The minimum Gasteiger partial charge on any atom is -0.351 e. The first-order chi connectivity index (χ1) is 8.74. The lowest BCUT2D eigenvalue weighted by molar-refractivity contribution is -0.121. The second-order valence-electron chi connectivity index (χ2n) is 5.05. The normalized spacial score (nSPS) is 27.6. The van der Waals surface area contributed by atoms with Crippen molar-refractivity contribution >= 4 is 23.2 Å². The van der Waals surface area contributed by atoms with Crippen molar-refractivity contribution in [3.63, 3.8) is 0 Å². The van der Waals surface area contributed by atoms with E-state index < -0.39 is 0 Å². The first-order valence-electron chi connectivity index (χ1n) is 6.35. The maximum absolute atomic E-state index is 12.2. The number of amides is 2. The predicted octanol–water partition coefficient (Wildman–Crippen LogP) is 1.49. The summed E-state index contributed by atoms with van der Waals surface area (Å²) in [5.41, 5.74) is 0.766. The average Bonchev–Trinajstić information content (AvgIpc) is 2.96. The molecule has 4 nitrogen and oxygen atoms in total. The summed E-state index contributed by atoms with van der Waals surface area (Å²) in [6.45, 7) is 1.44. The fourth-order valence-corrected chi connectivity index (χ4v) is 3.50. The van der Waals surface area contributed by atoms with E-state index in [2.05, 4.69) is 5.32 Å². The smallest absolute Gasteiger partial charge is 0.254 e. The first-order valence-corrected chi connectivity index (χ1v) is 7.29. The molecule has 2 atom stereocenters. The molecule has 2 amide bonds. The minimum absolute atomic E-state index is 0.0959. The summed E-state index contributed by atoms with van der Waals surface area (Å²) in [4.78, 5) is 25.6. The third kappa shape index (κ3) is 2.14. The molecule has 0 spiro atoms. The summed E-state index contributed by atoms with van der Waals surface area (Å²) in [7, 11) is 0. The van der Waals surface area contributed by atoms with Crippen LogP contribution in [-0.4, -0.2) is 35.8 Å². The summed E-state index contributed by atoms with van der Waals surface area (Å²) in [5, 5.41) is 6.84. The van der Waals surface area contributed by atoms with Gasteiger partial charge in [0, 0.05) is 24.9 Å². The highest BCUT2D eigenvalue weighted by molar-refractivity contribution is 7.08. The Morgan fingerprint density at radius 1 is 1.44 bits per heavy atom. The Kier molecular flexibility index (Phi) is 3.07. The molecule has 2 aliphatic rings. The van der Waals surface area contributed by atoms with Gasteiger partial charge in [-0.1, -0.05) is 0 Å². The van der Waals surface area contributed by atoms with E-state index in [1.807, 2.05) is 21.7 Å². The van der Waals surface area contributed by atoms with Gasteiger partial charge in [0.1, 0.15) is 0 Å². The monoisotopic (exact) mass is 264 g/mol. The lowest BCUT2D eigenvalue weighted by Gasteiger charge is -2.16. The Bertz CT molecular complexity index is 458. The van der Waals surface area contributed by atoms with Crippen molar-refractivity contribution in [2.75, 3.05) is 13.1 Å². The Hall–Kier alpha value is -1.36. The molecule has 2 aliphatic heterocycles. The van der Waals surface area contributed by atoms with Crippen LogP contribution in [0.5, 0.6) is 0 Å². The molecular weight excluding hydrogens is 248 g/mol. The molecule has 1 aromatic heterocycles. The number of rotatable bonds is 1. The van der Waals surface area contributed by atoms with Gasteiger partial charge in [-0.3, -0.25) is 9.59 Å². The highest BCUT2D eigenvalue weighted by Gasteiger charge is 2.37. The van der Waals surface area contributed by atoms with Crippen molar-refractivity contribution in [2.24, 2.45) is 5.92 Å². The fourth-order valence-electron chi connectivity index (χ4n) is 2.87. The molecule has 0 aromatic carbocycles. The summed E-state index contributed by atoms with van der Waals surface area (Å²) in [6, 6.07) is 2.02.